The molecule has 0 spiro atoms. The van der Waals surface area contributed by atoms with Crippen LogP contribution in [-0.4, -0.2) is 43.1 Å². The van der Waals surface area contributed by atoms with E-state index >= 15 is 0 Å². The minimum atomic E-state index is -3.27. The van der Waals surface area contributed by atoms with Gasteiger partial charge in [-0.3, -0.25) is 4.79 Å². The SMILES string of the molecule is O=C(c1ccc2ccccc2n1)N1CCC(c2cccs2)S(=O)(=O)CC1. The van der Waals surface area contributed by atoms with Crippen molar-refractivity contribution < 1.29 is 13.2 Å². The molecule has 1 atom stereocenters. The molecule has 1 saturated heterocycles. The van der Waals surface area contributed by atoms with Gasteiger partial charge < -0.3 is 4.90 Å². The van der Waals surface area contributed by atoms with E-state index in [1.54, 1.807) is 11.0 Å². The van der Waals surface area contributed by atoms with Gasteiger partial charge in [0.25, 0.3) is 5.91 Å². The molecule has 7 heteroatoms. The Morgan fingerprint density at radius 3 is 2.73 bits per heavy atom. The fourth-order valence-electron chi connectivity index (χ4n) is 3.29. The molecule has 5 nitrogen and oxygen atoms in total. The Kier molecular flexibility index (Phi) is 4.50. The molecular formula is C19H18N2O3S2. The normalized spacial score (nSPS) is 20.0. The van der Waals surface area contributed by atoms with Crippen LogP contribution < -0.4 is 0 Å². The average Bonchev–Trinajstić information content (AvgIpc) is 3.12. The van der Waals surface area contributed by atoms with Crippen molar-refractivity contribution in [1.82, 2.24) is 9.88 Å². The summed E-state index contributed by atoms with van der Waals surface area (Å²) >= 11 is 1.45. The first-order chi connectivity index (χ1) is 12.5. The number of sulfone groups is 1. The zero-order valence-electron chi connectivity index (χ0n) is 14.0. The Hall–Kier alpha value is -2.25. The van der Waals surface area contributed by atoms with Gasteiger partial charge in [-0.1, -0.05) is 30.3 Å². The second kappa shape index (κ2) is 6.81. The molecule has 0 N–H and O–H groups in total. The molecule has 1 aromatic carbocycles. The zero-order chi connectivity index (χ0) is 18.1. The van der Waals surface area contributed by atoms with Crippen LogP contribution in [0.2, 0.25) is 0 Å². The minimum Gasteiger partial charge on any atom is -0.336 e. The fourth-order valence-corrected chi connectivity index (χ4v) is 6.29. The predicted molar refractivity (Wildman–Crippen MR) is 103 cm³/mol. The molecule has 3 aromatic rings. The van der Waals surface area contributed by atoms with Crippen LogP contribution in [-0.2, 0) is 9.84 Å². The smallest absolute Gasteiger partial charge is 0.272 e. The van der Waals surface area contributed by atoms with Crippen molar-refractivity contribution in [2.75, 3.05) is 18.8 Å². The number of hydrogen-bond acceptors (Lipinski definition) is 5. The molecule has 0 radical (unpaired) electrons. The summed E-state index contributed by atoms with van der Waals surface area (Å²) in [6.07, 6.45) is 0.419. The first kappa shape index (κ1) is 17.2. The van der Waals surface area contributed by atoms with E-state index in [0.29, 0.717) is 18.7 Å². The van der Waals surface area contributed by atoms with Crippen LogP contribution >= 0.6 is 11.3 Å². The molecule has 2 aromatic heterocycles. The van der Waals surface area contributed by atoms with E-state index in [2.05, 4.69) is 4.98 Å². The summed E-state index contributed by atoms with van der Waals surface area (Å²) in [7, 11) is -3.27. The number of carbonyl (C=O) groups is 1. The van der Waals surface area contributed by atoms with Crippen molar-refractivity contribution >= 4 is 38.0 Å². The van der Waals surface area contributed by atoms with Gasteiger partial charge in [0.2, 0.25) is 0 Å². The van der Waals surface area contributed by atoms with Gasteiger partial charge in [-0.05, 0) is 30.0 Å². The molecule has 0 bridgehead atoms. The third kappa shape index (κ3) is 3.24. The molecule has 4 rings (SSSR count). The molecule has 3 heterocycles. The number of pyridine rings is 1. The first-order valence-corrected chi connectivity index (χ1v) is 11.0. The van der Waals surface area contributed by atoms with Crippen molar-refractivity contribution in [3.05, 3.63) is 64.5 Å². The molecule has 1 unspecified atom stereocenters. The number of rotatable bonds is 2. The number of fused-ring (bicyclic) bond motifs is 1. The monoisotopic (exact) mass is 386 g/mol. The number of aromatic nitrogens is 1. The minimum absolute atomic E-state index is 0.0190. The topological polar surface area (TPSA) is 67.3 Å². The molecule has 0 aliphatic carbocycles. The lowest BCUT2D eigenvalue weighted by Crippen LogP contribution is -2.34. The van der Waals surface area contributed by atoms with E-state index in [9.17, 15) is 13.2 Å². The molecule has 1 fully saturated rings. The van der Waals surface area contributed by atoms with Crippen molar-refractivity contribution in [3.63, 3.8) is 0 Å². The van der Waals surface area contributed by atoms with Gasteiger partial charge in [-0.2, -0.15) is 0 Å². The van der Waals surface area contributed by atoms with Crippen LogP contribution in [0.1, 0.15) is 27.0 Å². The lowest BCUT2D eigenvalue weighted by Gasteiger charge is -2.19. The third-order valence-corrected chi connectivity index (χ3v) is 7.95. The van der Waals surface area contributed by atoms with Gasteiger partial charge in [0.05, 0.1) is 16.5 Å². The van der Waals surface area contributed by atoms with Crippen molar-refractivity contribution in [2.45, 2.75) is 11.7 Å². The largest absolute Gasteiger partial charge is 0.336 e. The van der Waals surface area contributed by atoms with Crippen molar-refractivity contribution in [1.29, 1.82) is 0 Å². The Bertz CT molecular complexity index is 1050. The lowest BCUT2D eigenvalue weighted by atomic mass is 10.2. The van der Waals surface area contributed by atoms with Gasteiger partial charge in [-0.15, -0.1) is 11.3 Å². The van der Waals surface area contributed by atoms with E-state index in [1.807, 2.05) is 47.8 Å². The van der Waals surface area contributed by atoms with E-state index in [1.165, 1.54) is 11.3 Å². The first-order valence-electron chi connectivity index (χ1n) is 8.45. The summed E-state index contributed by atoms with van der Waals surface area (Å²) in [4.78, 5) is 19.8. The summed E-state index contributed by atoms with van der Waals surface area (Å²) in [5.74, 6) is -0.229. The Morgan fingerprint density at radius 2 is 1.92 bits per heavy atom. The maximum Gasteiger partial charge on any atom is 0.272 e. The highest BCUT2D eigenvalue weighted by Gasteiger charge is 2.33. The summed E-state index contributed by atoms with van der Waals surface area (Å²) in [5.41, 5.74) is 1.12. The maximum atomic E-state index is 12.9. The van der Waals surface area contributed by atoms with Crippen LogP contribution in [0.25, 0.3) is 10.9 Å². The summed E-state index contributed by atoms with van der Waals surface area (Å²) in [5, 5.41) is 2.34. The number of para-hydroxylation sites is 1. The quantitative estimate of drug-likeness (QED) is 0.678. The van der Waals surface area contributed by atoms with Gasteiger partial charge in [0, 0.05) is 23.4 Å². The zero-order valence-corrected chi connectivity index (χ0v) is 15.7. The number of carbonyl (C=O) groups excluding carboxylic acids is 1. The standard InChI is InChI=1S/C19H18N2O3S2/c22-19(16-8-7-14-4-1-2-5-15(14)20-16)21-10-9-18(17-6-3-12-25-17)26(23,24)13-11-21/h1-8,12,18H,9-11,13H2. The molecule has 1 aliphatic heterocycles. The van der Waals surface area contributed by atoms with Crippen LogP contribution in [0.4, 0.5) is 0 Å². The van der Waals surface area contributed by atoms with Crippen LogP contribution in [0.3, 0.4) is 0 Å². The highest BCUT2D eigenvalue weighted by atomic mass is 32.2. The average molecular weight is 386 g/mol. The van der Waals surface area contributed by atoms with Crippen LogP contribution in [0.5, 0.6) is 0 Å². The summed E-state index contributed by atoms with van der Waals surface area (Å²) < 4.78 is 25.3. The molecule has 0 saturated carbocycles. The molecule has 134 valence electrons. The molecular weight excluding hydrogens is 368 g/mol. The van der Waals surface area contributed by atoms with E-state index in [0.717, 1.165) is 15.8 Å². The molecule has 26 heavy (non-hydrogen) atoms. The summed E-state index contributed by atoms with van der Waals surface area (Å²) in [6, 6.07) is 14.9. The fraction of sp³-hybridized carbons (Fsp3) is 0.263. The highest BCUT2D eigenvalue weighted by molar-refractivity contribution is 7.91. The van der Waals surface area contributed by atoms with Crippen LogP contribution in [0, 0.1) is 0 Å². The third-order valence-electron chi connectivity index (χ3n) is 4.71. The Balaban J connectivity index is 1.59. The Labute approximate surface area is 156 Å². The van der Waals surface area contributed by atoms with E-state index in [4.69, 9.17) is 0 Å². The van der Waals surface area contributed by atoms with Crippen molar-refractivity contribution in [3.8, 4) is 0 Å². The molecule has 1 aliphatic rings. The van der Waals surface area contributed by atoms with E-state index < -0.39 is 15.1 Å². The van der Waals surface area contributed by atoms with E-state index in [-0.39, 0.29) is 18.2 Å². The highest BCUT2D eigenvalue weighted by Crippen LogP contribution is 2.32. The number of amides is 1. The second-order valence-corrected chi connectivity index (χ2v) is 9.62. The van der Waals surface area contributed by atoms with Crippen LogP contribution in [0.15, 0.2) is 53.9 Å². The predicted octanol–water partition coefficient (Wildman–Crippen LogP) is 3.30. The number of benzene rings is 1. The van der Waals surface area contributed by atoms with Gasteiger partial charge in [0.15, 0.2) is 9.84 Å². The summed E-state index contributed by atoms with van der Waals surface area (Å²) in [6.45, 7) is 0.618. The maximum absolute atomic E-state index is 12.9. The van der Waals surface area contributed by atoms with Gasteiger partial charge >= 0.3 is 0 Å². The Morgan fingerprint density at radius 1 is 1.08 bits per heavy atom. The molecule has 1 amide bonds. The number of hydrogen-bond donors (Lipinski definition) is 0. The lowest BCUT2D eigenvalue weighted by molar-refractivity contribution is 0.0761. The number of nitrogens with zero attached hydrogens (tertiary/aromatic N) is 2. The number of thiophene rings is 1. The van der Waals surface area contributed by atoms with Gasteiger partial charge in [-0.25, -0.2) is 13.4 Å². The second-order valence-electron chi connectivity index (χ2n) is 6.34. The van der Waals surface area contributed by atoms with Crippen molar-refractivity contribution in [2.24, 2.45) is 0 Å². The van der Waals surface area contributed by atoms with Gasteiger partial charge in [0.1, 0.15) is 5.69 Å².